The molecule has 6 heteroatoms. The number of hydrogen-bond donors (Lipinski definition) is 2. The molecular weight excluding hydrogens is 322 g/mol. The Kier molecular flexibility index (Phi) is 4.15. The summed E-state index contributed by atoms with van der Waals surface area (Å²) < 4.78 is 27.9. The van der Waals surface area contributed by atoms with Gasteiger partial charge in [0.1, 0.15) is 0 Å². The standard InChI is InChI=1S/C18H19N3O2S/c1-12-4-5-13(2)17(10-12)24(22,23)21-16-8-6-15(7-9-16)18-14(3)19-11-20-18/h4-11,21H,1-3H3,(H,19,20). The second-order valence-electron chi connectivity index (χ2n) is 5.83. The molecule has 0 fully saturated rings. The number of aromatic nitrogens is 2. The predicted octanol–water partition coefficient (Wildman–Crippen LogP) is 3.80. The number of sulfonamides is 1. The van der Waals surface area contributed by atoms with Gasteiger partial charge in [0.25, 0.3) is 10.0 Å². The Hall–Kier alpha value is -2.60. The lowest BCUT2D eigenvalue weighted by Gasteiger charge is -2.11. The van der Waals surface area contributed by atoms with E-state index in [1.807, 2.05) is 38.1 Å². The summed E-state index contributed by atoms with van der Waals surface area (Å²) in [5.74, 6) is 0. The summed E-state index contributed by atoms with van der Waals surface area (Å²) in [4.78, 5) is 7.60. The lowest BCUT2D eigenvalue weighted by Crippen LogP contribution is -2.14. The first-order valence-corrected chi connectivity index (χ1v) is 9.05. The van der Waals surface area contributed by atoms with Gasteiger partial charge in [-0.05, 0) is 50.1 Å². The van der Waals surface area contributed by atoms with Gasteiger partial charge in [0.2, 0.25) is 0 Å². The number of imidazole rings is 1. The smallest absolute Gasteiger partial charge is 0.262 e. The number of benzene rings is 2. The van der Waals surface area contributed by atoms with Crippen LogP contribution in [0.15, 0.2) is 53.7 Å². The minimum Gasteiger partial charge on any atom is -0.348 e. The first-order chi connectivity index (χ1) is 11.4. The fraction of sp³-hybridized carbons (Fsp3) is 0.167. The van der Waals surface area contributed by atoms with E-state index in [-0.39, 0.29) is 0 Å². The van der Waals surface area contributed by atoms with Crippen molar-refractivity contribution in [2.45, 2.75) is 25.7 Å². The van der Waals surface area contributed by atoms with Gasteiger partial charge in [0, 0.05) is 16.9 Å². The van der Waals surface area contributed by atoms with Crippen molar-refractivity contribution in [3.63, 3.8) is 0 Å². The van der Waals surface area contributed by atoms with Crippen LogP contribution in [0.2, 0.25) is 0 Å². The van der Waals surface area contributed by atoms with E-state index in [9.17, 15) is 8.42 Å². The van der Waals surface area contributed by atoms with Crippen LogP contribution in [0.3, 0.4) is 0 Å². The number of rotatable bonds is 4. The van der Waals surface area contributed by atoms with Crippen LogP contribution in [0.5, 0.6) is 0 Å². The minimum absolute atomic E-state index is 0.301. The number of nitrogens with zero attached hydrogens (tertiary/aromatic N) is 1. The predicted molar refractivity (Wildman–Crippen MR) is 95.5 cm³/mol. The van der Waals surface area contributed by atoms with Crippen molar-refractivity contribution in [2.24, 2.45) is 0 Å². The van der Waals surface area contributed by atoms with E-state index in [0.29, 0.717) is 10.6 Å². The van der Waals surface area contributed by atoms with Crippen molar-refractivity contribution in [3.8, 4) is 11.3 Å². The molecule has 0 saturated heterocycles. The molecule has 0 aliphatic carbocycles. The molecule has 0 radical (unpaired) electrons. The van der Waals surface area contributed by atoms with Crippen LogP contribution >= 0.6 is 0 Å². The molecule has 0 aliphatic heterocycles. The van der Waals surface area contributed by atoms with Gasteiger partial charge in [-0.25, -0.2) is 13.4 Å². The van der Waals surface area contributed by atoms with Gasteiger partial charge >= 0.3 is 0 Å². The molecule has 1 heterocycles. The summed E-state index contributed by atoms with van der Waals surface area (Å²) >= 11 is 0. The van der Waals surface area contributed by atoms with Gasteiger partial charge in [-0.2, -0.15) is 0 Å². The molecule has 2 N–H and O–H groups in total. The third kappa shape index (κ3) is 3.19. The van der Waals surface area contributed by atoms with Crippen molar-refractivity contribution in [2.75, 3.05) is 4.72 Å². The van der Waals surface area contributed by atoms with Crippen molar-refractivity contribution < 1.29 is 8.42 Å². The van der Waals surface area contributed by atoms with Gasteiger partial charge in [0.15, 0.2) is 0 Å². The van der Waals surface area contributed by atoms with E-state index in [2.05, 4.69) is 14.7 Å². The summed E-state index contributed by atoms with van der Waals surface area (Å²) in [6.45, 7) is 5.61. The topological polar surface area (TPSA) is 74.8 Å². The number of hydrogen-bond acceptors (Lipinski definition) is 3. The number of H-pyrrole nitrogens is 1. The van der Waals surface area contributed by atoms with Crippen LogP contribution in [0.25, 0.3) is 11.3 Å². The maximum absolute atomic E-state index is 12.6. The molecule has 0 spiro atoms. The van der Waals surface area contributed by atoms with Gasteiger partial charge in [-0.15, -0.1) is 0 Å². The van der Waals surface area contributed by atoms with E-state index in [1.54, 1.807) is 31.5 Å². The molecule has 0 unspecified atom stereocenters. The van der Waals surface area contributed by atoms with Crippen molar-refractivity contribution >= 4 is 15.7 Å². The van der Waals surface area contributed by atoms with Gasteiger partial charge in [-0.1, -0.05) is 24.3 Å². The third-order valence-electron chi connectivity index (χ3n) is 3.87. The number of nitrogens with one attached hydrogen (secondary N) is 2. The quantitative estimate of drug-likeness (QED) is 0.758. The zero-order valence-electron chi connectivity index (χ0n) is 13.8. The maximum atomic E-state index is 12.6. The Bertz CT molecular complexity index is 974. The molecule has 0 atom stereocenters. The van der Waals surface area contributed by atoms with E-state index in [0.717, 1.165) is 28.1 Å². The van der Waals surface area contributed by atoms with Crippen LogP contribution in [-0.2, 0) is 10.0 Å². The Morgan fingerprint density at radius 1 is 1.00 bits per heavy atom. The van der Waals surface area contributed by atoms with Crippen LogP contribution in [0.1, 0.15) is 16.8 Å². The van der Waals surface area contributed by atoms with Crippen LogP contribution < -0.4 is 4.72 Å². The Balaban J connectivity index is 1.88. The maximum Gasteiger partial charge on any atom is 0.262 e. The van der Waals surface area contributed by atoms with Crippen LogP contribution in [-0.4, -0.2) is 18.4 Å². The fourth-order valence-corrected chi connectivity index (χ4v) is 3.94. The van der Waals surface area contributed by atoms with Crippen LogP contribution in [0.4, 0.5) is 5.69 Å². The largest absolute Gasteiger partial charge is 0.348 e. The summed E-state index contributed by atoms with van der Waals surface area (Å²) in [5.41, 5.74) is 4.91. The molecule has 24 heavy (non-hydrogen) atoms. The zero-order chi connectivity index (χ0) is 17.3. The average molecular weight is 341 g/mol. The average Bonchev–Trinajstić information content (AvgIpc) is 2.96. The fourth-order valence-electron chi connectivity index (χ4n) is 2.55. The molecular formula is C18H19N3O2S. The Morgan fingerprint density at radius 3 is 2.33 bits per heavy atom. The summed E-state index contributed by atoms with van der Waals surface area (Å²) in [6.07, 6.45) is 1.64. The third-order valence-corrected chi connectivity index (χ3v) is 5.40. The Labute approximate surface area is 141 Å². The molecule has 0 amide bonds. The van der Waals surface area contributed by atoms with Gasteiger partial charge < -0.3 is 4.98 Å². The minimum atomic E-state index is -3.61. The zero-order valence-corrected chi connectivity index (χ0v) is 14.6. The van der Waals surface area contributed by atoms with E-state index in [1.165, 1.54) is 0 Å². The number of aromatic amines is 1. The summed E-state index contributed by atoms with van der Waals surface area (Å²) in [7, 11) is -3.61. The second-order valence-corrected chi connectivity index (χ2v) is 7.48. The monoisotopic (exact) mass is 341 g/mol. The van der Waals surface area contributed by atoms with Crippen molar-refractivity contribution in [3.05, 3.63) is 65.6 Å². The highest BCUT2D eigenvalue weighted by atomic mass is 32.2. The molecule has 3 aromatic rings. The molecule has 3 rings (SSSR count). The molecule has 0 aliphatic rings. The lowest BCUT2D eigenvalue weighted by atomic mass is 10.1. The molecule has 124 valence electrons. The van der Waals surface area contributed by atoms with Gasteiger partial charge in [0.05, 0.1) is 16.9 Å². The number of anilines is 1. The summed E-state index contributed by atoms with van der Waals surface area (Å²) in [5, 5.41) is 0. The molecule has 1 aromatic heterocycles. The highest BCUT2D eigenvalue weighted by Crippen LogP contribution is 2.24. The highest BCUT2D eigenvalue weighted by Gasteiger charge is 2.17. The van der Waals surface area contributed by atoms with E-state index in [4.69, 9.17) is 0 Å². The van der Waals surface area contributed by atoms with E-state index < -0.39 is 10.0 Å². The van der Waals surface area contributed by atoms with Crippen LogP contribution in [0, 0.1) is 20.8 Å². The van der Waals surface area contributed by atoms with Gasteiger partial charge in [-0.3, -0.25) is 4.72 Å². The second kappa shape index (κ2) is 6.13. The Morgan fingerprint density at radius 2 is 1.71 bits per heavy atom. The molecule has 5 nitrogen and oxygen atoms in total. The van der Waals surface area contributed by atoms with Crippen molar-refractivity contribution in [1.29, 1.82) is 0 Å². The summed E-state index contributed by atoms with van der Waals surface area (Å²) in [6, 6.07) is 12.6. The lowest BCUT2D eigenvalue weighted by molar-refractivity contribution is 0.600. The first-order valence-electron chi connectivity index (χ1n) is 7.57. The van der Waals surface area contributed by atoms with E-state index >= 15 is 0 Å². The normalized spacial score (nSPS) is 11.5. The SMILES string of the molecule is Cc1ccc(C)c(S(=O)(=O)Nc2ccc(-c3nc[nH]c3C)cc2)c1. The molecule has 0 bridgehead atoms. The van der Waals surface area contributed by atoms with Crippen molar-refractivity contribution in [1.82, 2.24) is 9.97 Å². The molecule has 0 saturated carbocycles. The first kappa shape index (κ1) is 16.3. The highest BCUT2D eigenvalue weighted by molar-refractivity contribution is 7.92. The molecule has 2 aromatic carbocycles. The number of aryl methyl sites for hydroxylation is 3.